The molecule has 0 radical (unpaired) electrons. The van der Waals surface area contributed by atoms with Crippen molar-refractivity contribution in [1.29, 1.82) is 0 Å². The van der Waals surface area contributed by atoms with Crippen LogP contribution in [0, 0.1) is 0 Å². The summed E-state index contributed by atoms with van der Waals surface area (Å²) in [4.78, 5) is 18.2. The summed E-state index contributed by atoms with van der Waals surface area (Å²) in [5.41, 5.74) is 1.92. The standard InChI is InChI=1S/C20H22F3N3OS/c1-14(26-9-8-15-4-2-3-5-16(15)12-26)10-24-18(27)13-28-19-7-6-17(11-25-19)20(21,22)23/h2-7,11,14H,8-10,12-13H2,1H3,(H,24,27). The Morgan fingerprint density at radius 2 is 2.00 bits per heavy atom. The number of carbonyl (C=O) groups is 1. The Kier molecular flexibility index (Phi) is 6.61. The van der Waals surface area contributed by atoms with E-state index in [-0.39, 0.29) is 17.7 Å². The van der Waals surface area contributed by atoms with Crippen molar-refractivity contribution in [3.8, 4) is 0 Å². The molecule has 8 heteroatoms. The number of thioether (sulfide) groups is 1. The summed E-state index contributed by atoms with van der Waals surface area (Å²) in [5.74, 6) is -0.0376. The maximum absolute atomic E-state index is 12.5. The number of amides is 1. The van der Waals surface area contributed by atoms with Crippen molar-refractivity contribution in [2.24, 2.45) is 0 Å². The number of hydrogen-bond acceptors (Lipinski definition) is 4. The number of nitrogens with one attached hydrogen (secondary N) is 1. The summed E-state index contributed by atoms with van der Waals surface area (Å²) < 4.78 is 37.6. The summed E-state index contributed by atoms with van der Waals surface area (Å²) in [6.45, 7) is 4.44. The zero-order chi connectivity index (χ0) is 20.1. The lowest BCUT2D eigenvalue weighted by Crippen LogP contribution is -2.44. The molecule has 0 saturated carbocycles. The van der Waals surface area contributed by atoms with Crippen molar-refractivity contribution < 1.29 is 18.0 Å². The van der Waals surface area contributed by atoms with Crippen molar-refractivity contribution in [2.75, 3.05) is 18.8 Å². The Bertz CT molecular complexity index is 811. The fourth-order valence-electron chi connectivity index (χ4n) is 3.11. The van der Waals surface area contributed by atoms with Crippen LogP contribution in [-0.4, -0.2) is 40.7 Å². The molecule has 1 amide bonds. The molecule has 4 nitrogen and oxygen atoms in total. The number of alkyl halides is 3. The van der Waals surface area contributed by atoms with E-state index in [1.165, 1.54) is 17.2 Å². The molecule has 2 heterocycles. The highest BCUT2D eigenvalue weighted by atomic mass is 32.2. The predicted octanol–water partition coefficient (Wildman–Crippen LogP) is 3.76. The summed E-state index contributed by atoms with van der Waals surface area (Å²) in [6.07, 6.45) is -2.61. The Balaban J connectivity index is 1.42. The Morgan fingerprint density at radius 1 is 1.25 bits per heavy atom. The van der Waals surface area contributed by atoms with Gasteiger partial charge in [-0.3, -0.25) is 9.69 Å². The molecule has 3 rings (SSSR count). The zero-order valence-corrected chi connectivity index (χ0v) is 16.3. The molecular weight excluding hydrogens is 387 g/mol. The van der Waals surface area contributed by atoms with E-state index < -0.39 is 11.7 Å². The smallest absolute Gasteiger partial charge is 0.354 e. The maximum Gasteiger partial charge on any atom is 0.417 e. The minimum absolute atomic E-state index is 0.119. The molecule has 0 bridgehead atoms. The average molecular weight is 409 g/mol. The number of halogens is 3. The molecule has 0 spiro atoms. The van der Waals surface area contributed by atoms with Gasteiger partial charge in [0.2, 0.25) is 5.91 Å². The molecule has 0 aliphatic carbocycles. The van der Waals surface area contributed by atoms with Crippen LogP contribution < -0.4 is 5.32 Å². The summed E-state index contributed by atoms with van der Waals surface area (Å²) >= 11 is 1.12. The lowest BCUT2D eigenvalue weighted by atomic mass is 9.99. The molecule has 2 aromatic rings. The summed E-state index contributed by atoms with van der Waals surface area (Å²) in [7, 11) is 0. The van der Waals surface area contributed by atoms with Crippen LogP contribution in [0.5, 0.6) is 0 Å². The van der Waals surface area contributed by atoms with Crippen molar-refractivity contribution >= 4 is 17.7 Å². The molecular formula is C20H22F3N3OS. The zero-order valence-electron chi connectivity index (χ0n) is 15.5. The van der Waals surface area contributed by atoms with Gasteiger partial charge < -0.3 is 5.32 Å². The Hall–Kier alpha value is -2.06. The van der Waals surface area contributed by atoms with Crippen LogP contribution >= 0.6 is 11.8 Å². The van der Waals surface area contributed by atoms with E-state index in [2.05, 4.69) is 40.3 Å². The normalized spacial score (nSPS) is 15.7. The number of aromatic nitrogens is 1. The lowest BCUT2D eigenvalue weighted by Gasteiger charge is -2.33. The average Bonchev–Trinajstić information content (AvgIpc) is 2.69. The first-order chi connectivity index (χ1) is 13.3. The van der Waals surface area contributed by atoms with Gasteiger partial charge in [-0.2, -0.15) is 13.2 Å². The minimum Gasteiger partial charge on any atom is -0.354 e. The van der Waals surface area contributed by atoms with Crippen LogP contribution in [0.25, 0.3) is 0 Å². The largest absolute Gasteiger partial charge is 0.417 e. The molecule has 0 saturated heterocycles. The monoisotopic (exact) mass is 409 g/mol. The molecule has 1 aromatic carbocycles. The van der Waals surface area contributed by atoms with Gasteiger partial charge in [-0.25, -0.2) is 4.98 Å². The van der Waals surface area contributed by atoms with Crippen molar-refractivity contribution in [1.82, 2.24) is 15.2 Å². The van der Waals surface area contributed by atoms with E-state index in [9.17, 15) is 18.0 Å². The Morgan fingerprint density at radius 3 is 2.68 bits per heavy atom. The van der Waals surface area contributed by atoms with E-state index in [0.717, 1.165) is 43.5 Å². The molecule has 1 aromatic heterocycles. The second kappa shape index (κ2) is 8.96. The van der Waals surface area contributed by atoms with Crippen molar-refractivity contribution in [3.05, 3.63) is 59.3 Å². The van der Waals surface area contributed by atoms with E-state index in [4.69, 9.17) is 0 Å². The van der Waals surface area contributed by atoms with Crippen LogP contribution in [0.2, 0.25) is 0 Å². The highest BCUT2D eigenvalue weighted by Crippen LogP contribution is 2.29. The predicted molar refractivity (Wildman–Crippen MR) is 103 cm³/mol. The molecule has 0 fully saturated rings. The van der Waals surface area contributed by atoms with Crippen LogP contribution in [0.4, 0.5) is 13.2 Å². The number of pyridine rings is 1. The number of rotatable bonds is 6. The fraction of sp³-hybridized carbons (Fsp3) is 0.400. The topological polar surface area (TPSA) is 45.2 Å². The number of carbonyl (C=O) groups excluding carboxylic acids is 1. The quantitative estimate of drug-likeness (QED) is 0.738. The fourth-order valence-corrected chi connectivity index (χ4v) is 3.78. The molecule has 1 aliphatic rings. The van der Waals surface area contributed by atoms with E-state index >= 15 is 0 Å². The van der Waals surface area contributed by atoms with Gasteiger partial charge >= 0.3 is 6.18 Å². The van der Waals surface area contributed by atoms with Gasteiger partial charge in [0.25, 0.3) is 0 Å². The second-order valence-electron chi connectivity index (χ2n) is 6.81. The van der Waals surface area contributed by atoms with E-state index in [1.54, 1.807) is 0 Å². The minimum atomic E-state index is -4.40. The van der Waals surface area contributed by atoms with Gasteiger partial charge in [-0.1, -0.05) is 36.0 Å². The molecule has 1 unspecified atom stereocenters. The number of hydrogen-bond donors (Lipinski definition) is 1. The highest BCUT2D eigenvalue weighted by Gasteiger charge is 2.30. The van der Waals surface area contributed by atoms with Crippen LogP contribution in [0.15, 0.2) is 47.6 Å². The van der Waals surface area contributed by atoms with Gasteiger partial charge in [0.15, 0.2) is 0 Å². The van der Waals surface area contributed by atoms with Gasteiger partial charge in [0.05, 0.1) is 16.3 Å². The summed E-state index contributed by atoms with van der Waals surface area (Å²) in [5, 5.41) is 3.29. The number of nitrogens with zero attached hydrogens (tertiary/aromatic N) is 2. The molecule has 28 heavy (non-hydrogen) atoms. The highest BCUT2D eigenvalue weighted by molar-refractivity contribution is 7.99. The van der Waals surface area contributed by atoms with E-state index in [1.807, 2.05) is 6.07 Å². The number of fused-ring (bicyclic) bond motifs is 1. The molecule has 150 valence electrons. The van der Waals surface area contributed by atoms with Crippen LogP contribution in [0.1, 0.15) is 23.6 Å². The molecule has 1 aliphatic heterocycles. The van der Waals surface area contributed by atoms with Crippen LogP contribution in [-0.2, 0) is 23.9 Å². The van der Waals surface area contributed by atoms with Crippen molar-refractivity contribution in [3.63, 3.8) is 0 Å². The van der Waals surface area contributed by atoms with E-state index in [0.29, 0.717) is 11.6 Å². The third-order valence-electron chi connectivity index (χ3n) is 4.79. The van der Waals surface area contributed by atoms with Gasteiger partial charge in [0, 0.05) is 31.9 Å². The van der Waals surface area contributed by atoms with Gasteiger partial charge in [0.1, 0.15) is 0 Å². The summed E-state index contributed by atoms with van der Waals surface area (Å²) in [6, 6.07) is 10.9. The lowest BCUT2D eigenvalue weighted by molar-refractivity contribution is -0.137. The third-order valence-corrected chi connectivity index (χ3v) is 5.74. The first kappa shape index (κ1) is 20.7. The maximum atomic E-state index is 12.5. The van der Waals surface area contributed by atoms with Gasteiger partial charge in [-0.05, 0) is 36.6 Å². The van der Waals surface area contributed by atoms with Crippen molar-refractivity contribution in [2.45, 2.75) is 37.1 Å². The first-order valence-electron chi connectivity index (χ1n) is 9.06. The second-order valence-corrected chi connectivity index (χ2v) is 7.81. The Labute approximate surface area is 166 Å². The molecule has 1 N–H and O–H groups in total. The third kappa shape index (κ3) is 5.48. The SMILES string of the molecule is CC(CNC(=O)CSc1ccc(C(F)(F)F)cn1)N1CCc2ccccc2C1. The first-order valence-corrected chi connectivity index (χ1v) is 10.0. The molecule has 1 atom stereocenters. The van der Waals surface area contributed by atoms with Gasteiger partial charge in [-0.15, -0.1) is 0 Å². The van der Waals surface area contributed by atoms with Crippen LogP contribution in [0.3, 0.4) is 0 Å². The number of benzene rings is 1.